The van der Waals surface area contributed by atoms with Crippen LogP contribution < -0.4 is 5.32 Å². The fraction of sp³-hybridized carbons (Fsp3) is 0.296. The van der Waals surface area contributed by atoms with Gasteiger partial charge in [-0.05, 0) is 43.9 Å². The summed E-state index contributed by atoms with van der Waals surface area (Å²) in [5, 5.41) is 5.15. The van der Waals surface area contributed by atoms with Gasteiger partial charge in [-0.25, -0.2) is 9.79 Å². The van der Waals surface area contributed by atoms with E-state index in [-0.39, 0.29) is 30.5 Å². The number of amidine groups is 1. The van der Waals surface area contributed by atoms with Crippen molar-refractivity contribution in [2.24, 2.45) is 4.99 Å². The molecule has 0 aliphatic carbocycles. The standard InChI is InChI=1S/C27H26F3N3O3S/c1-4-36-25(35)22-23(17-8-6-5-7-9-17)32-26-33(20(15-37-26)14-21(34)31-16(2)3)24(22)18-10-12-19(13-11-18)27(28,29)30/h5-13,15-16,24H,4,14H2,1-3H3,(H,31,34)/t24-/m1/s1. The number of fused-ring (bicyclic) bond motifs is 1. The monoisotopic (exact) mass is 529 g/mol. The van der Waals surface area contributed by atoms with E-state index in [2.05, 4.69) is 5.32 Å². The Labute approximate surface area is 217 Å². The molecular formula is C27H26F3N3O3S. The molecule has 1 atom stereocenters. The van der Waals surface area contributed by atoms with Crippen molar-refractivity contribution in [1.29, 1.82) is 0 Å². The SMILES string of the molecule is CCOC(=O)C1=C(c2ccccc2)N=C2SC=C(CC(=O)NC(C)C)N2[C@@H]1c1ccc(C(F)(F)F)cc1. The van der Waals surface area contributed by atoms with Crippen molar-refractivity contribution in [2.45, 2.75) is 45.5 Å². The fourth-order valence-electron chi connectivity index (χ4n) is 4.20. The molecule has 6 nitrogen and oxygen atoms in total. The van der Waals surface area contributed by atoms with Gasteiger partial charge in [0.05, 0.1) is 35.9 Å². The van der Waals surface area contributed by atoms with Crippen LogP contribution in [0.2, 0.25) is 0 Å². The van der Waals surface area contributed by atoms with Crippen LogP contribution in [0.25, 0.3) is 5.70 Å². The molecule has 2 aliphatic rings. The number of hydrogen-bond acceptors (Lipinski definition) is 6. The van der Waals surface area contributed by atoms with E-state index in [0.29, 0.717) is 27.7 Å². The van der Waals surface area contributed by atoms with Crippen molar-refractivity contribution in [3.63, 3.8) is 0 Å². The number of carbonyl (C=O) groups is 2. The van der Waals surface area contributed by atoms with Gasteiger partial charge in [-0.2, -0.15) is 13.2 Å². The summed E-state index contributed by atoms with van der Waals surface area (Å²) in [5.41, 5.74) is 1.46. The molecule has 0 unspecified atom stereocenters. The second-order valence-electron chi connectivity index (χ2n) is 8.76. The molecule has 2 aromatic carbocycles. The van der Waals surface area contributed by atoms with Crippen LogP contribution >= 0.6 is 11.8 Å². The number of rotatable bonds is 7. The Morgan fingerprint density at radius 3 is 2.38 bits per heavy atom. The van der Waals surface area contributed by atoms with Crippen molar-refractivity contribution in [3.05, 3.63) is 88.0 Å². The first-order chi connectivity index (χ1) is 17.6. The van der Waals surface area contributed by atoms with Crippen molar-refractivity contribution in [1.82, 2.24) is 10.2 Å². The molecule has 2 heterocycles. The van der Waals surface area contributed by atoms with Crippen LogP contribution in [0.5, 0.6) is 0 Å². The molecule has 194 valence electrons. The Morgan fingerprint density at radius 2 is 1.78 bits per heavy atom. The molecule has 10 heteroatoms. The van der Waals surface area contributed by atoms with E-state index >= 15 is 0 Å². The second-order valence-corrected chi connectivity index (χ2v) is 9.60. The molecule has 1 N–H and O–H groups in total. The number of hydrogen-bond donors (Lipinski definition) is 1. The van der Waals surface area contributed by atoms with Gasteiger partial charge in [0.25, 0.3) is 0 Å². The lowest BCUT2D eigenvalue weighted by molar-refractivity contribution is -0.139. The molecule has 0 aromatic heterocycles. The highest BCUT2D eigenvalue weighted by Gasteiger charge is 2.42. The number of nitrogens with zero attached hydrogens (tertiary/aromatic N) is 2. The Morgan fingerprint density at radius 1 is 1.11 bits per heavy atom. The normalized spacial score (nSPS) is 17.4. The summed E-state index contributed by atoms with van der Waals surface area (Å²) in [7, 11) is 0. The van der Waals surface area contributed by atoms with Gasteiger partial charge >= 0.3 is 12.1 Å². The molecule has 0 saturated heterocycles. The van der Waals surface area contributed by atoms with Crippen molar-refractivity contribution < 1.29 is 27.5 Å². The fourth-order valence-corrected chi connectivity index (χ4v) is 5.11. The highest BCUT2D eigenvalue weighted by Crippen LogP contribution is 2.47. The maximum absolute atomic E-state index is 13.4. The summed E-state index contributed by atoms with van der Waals surface area (Å²) >= 11 is 1.29. The summed E-state index contributed by atoms with van der Waals surface area (Å²) in [6.45, 7) is 5.48. The molecule has 0 saturated carbocycles. The first kappa shape index (κ1) is 26.5. The predicted molar refractivity (Wildman–Crippen MR) is 137 cm³/mol. The van der Waals surface area contributed by atoms with Crippen molar-refractivity contribution >= 4 is 34.5 Å². The van der Waals surface area contributed by atoms with Crippen LogP contribution in [-0.2, 0) is 20.5 Å². The number of alkyl halides is 3. The first-order valence-electron chi connectivity index (χ1n) is 11.8. The lowest BCUT2D eigenvalue weighted by Crippen LogP contribution is -2.38. The number of amides is 1. The van der Waals surface area contributed by atoms with E-state index in [9.17, 15) is 22.8 Å². The zero-order valence-corrected chi connectivity index (χ0v) is 21.3. The molecule has 2 aromatic rings. The average Bonchev–Trinajstić information content (AvgIpc) is 3.24. The Balaban J connectivity index is 1.88. The third kappa shape index (κ3) is 5.74. The van der Waals surface area contributed by atoms with E-state index < -0.39 is 23.8 Å². The van der Waals surface area contributed by atoms with Crippen LogP contribution in [0.1, 0.15) is 49.9 Å². The summed E-state index contributed by atoms with van der Waals surface area (Å²) in [5.74, 6) is -0.846. The summed E-state index contributed by atoms with van der Waals surface area (Å²) in [4.78, 5) is 32.5. The first-order valence-corrected chi connectivity index (χ1v) is 12.6. The molecule has 2 aliphatic heterocycles. The lowest BCUT2D eigenvalue weighted by Gasteiger charge is -2.37. The van der Waals surface area contributed by atoms with Crippen molar-refractivity contribution in [3.8, 4) is 0 Å². The van der Waals surface area contributed by atoms with Gasteiger partial charge in [0, 0.05) is 17.3 Å². The maximum atomic E-state index is 13.4. The maximum Gasteiger partial charge on any atom is 0.416 e. The number of carbonyl (C=O) groups excluding carboxylic acids is 2. The zero-order valence-electron chi connectivity index (χ0n) is 20.5. The van der Waals surface area contributed by atoms with E-state index in [1.807, 2.05) is 44.2 Å². The van der Waals surface area contributed by atoms with Gasteiger partial charge in [-0.3, -0.25) is 4.79 Å². The number of aliphatic imine (C=N–C) groups is 1. The molecular weight excluding hydrogens is 503 g/mol. The van der Waals surface area contributed by atoms with Crippen LogP contribution in [0.3, 0.4) is 0 Å². The van der Waals surface area contributed by atoms with Crippen LogP contribution in [-0.4, -0.2) is 34.6 Å². The number of halogens is 3. The number of thioether (sulfide) groups is 1. The minimum atomic E-state index is -4.50. The largest absolute Gasteiger partial charge is 0.463 e. The quantitative estimate of drug-likeness (QED) is 0.453. The minimum Gasteiger partial charge on any atom is -0.463 e. The van der Waals surface area contributed by atoms with Crippen LogP contribution in [0.15, 0.2) is 76.3 Å². The second kappa shape index (κ2) is 10.8. The number of ether oxygens (including phenoxy) is 1. The molecule has 0 fully saturated rings. The van der Waals surface area contributed by atoms with E-state index in [0.717, 1.165) is 12.1 Å². The molecule has 37 heavy (non-hydrogen) atoms. The Hall–Kier alpha value is -3.53. The van der Waals surface area contributed by atoms with E-state index in [4.69, 9.17) is 9.73 Å². The third-order valence-corrected chi connectivity index (χ3v) is 6.59. The molecule has 0 radical (unpaired) electrons. The molecule has 4 rings (SSSR count). The summed E-state index contributed by atoms with van der Waals surface area (Å²) < 4.78 is 45.3. The summed E-state index contributed by atoms with van der Waals surface area (Å²) in [6, 6.07) is 12.8. The molecule has 1 amide bonds. The zero-order chi connectivity index (χ0) is 26.7. The number of benzene rings is 2. The highest BCUT2D eigenvalue weighted by molar-refractivity contribution is 8.16. The highest BCUT2D eigenvalue weighted by atomic mass is 32.2. The lowest BCUT2D eigenvalue weighted by atomic mass is 9.91. The van der Waals surface area contributed by atoms with Gasteiger partial charge in [0.15, 0.2) is 5.17 Å². The van der Waals surface area contributed by atoms with Gasteiger partial charge in [0.2, 0.25) is 5.91 Å². The third-order valence-electron chi connectivity index (χ3n) is 5.70. The van der Waals surface area contributed by atoms with Gasteiger partial charge in [0.1, 0.15) is 0 Å². The van der Waals surface area contributed by atoms with Gasteiger partial charge in [-0.15, -0.1) is 0 Å². The number of esters is 1. The van der Waals surface area contributed by atoms with E-state index in [1.165, 1.54) is 23.9 Å². The van der Waals surface area contributed by atoms with Gasteiger partial charge < -0.3 is 15.0 Å². The Bertz CT molecular complexity index is 1270. The Kier molecular flexibility index (Phi) is 7.77. The van der Waals surface area contributed by atoms with Crippen molar-refractivity contribution in [2.75, 3.05) is 6.61 Å². The van der Waals surface area contributed by atoms with Crippen LogP contribution in [0.4, 0.5) is 13.2 Å². The van der Waals surface area contributed by atoms with E-state index in [1.54, 1.807) is 17.2 Å². The smallest absolute Gasteiger partial charge is 0.416 e. The molecule has 0 spiro atoms. The van der Waals surface area contributed by atoms with Crippen LogP contribution in [0, 0.1) is 0 Å². The topological polar surface area (TPSA) is 71.0 Å². The van der Waals surface area contributed by atoms with Gasteiger partial charge in [-0.1, -0.05) is 54.2 Å². The number of nitrogens with one attached hydrogen (secondary N) is 1. The predicted octanol–water partition coefficient (Wildman–Crippen LogP) is 5.90. The molecule has 0 bridgehead atoms. The summed E-state index contributed by atoms with van der Waals surface area (Å²) in [6.07, 6.45) is -4.49. The minimum absolute atomic E-state index is 0.0120. The average molecular weight is 530 g/mol.